The highest BCUT2D eigenvalue weighted by molar-refractivity contribution is 5.21. The molecule has 1 aliphatic rings. The second-order valence-electron chi connectivity index (χ2n) is 6.60. The lowest BCUT2D eigenvalue weighted by atomic mass is 9.80. The van der Waals surface area contributed by atoms with Crippen LogP contribution in [-0.4, -0.2) is 37.1 Å². The molecule has 1 aliphatic carbocycles. The number of hydrogen-bond donors (Lipinski definition) is 1. The van der Waals surface area contributed by atoms with E-state index < -0.39 is 0 Å². The van der Waals surface area contributed by atoms with Crippen LogP contribution in [0.25, 0.3) is 0 Å². The van der Waals surface area contributed by atoms with E-state index in [1.165, 1.54) is 37.7 Å². The Kier molecular flexibility index (Phi) is 6.72. The molecule has 1 saturated carbocycles. The predicted octanol–water partition coefficient (Wildman–Crippen LogP) is 4.03. The van der Waals surface area contributed by atoms with Crippen LogP contribution in [0.2, 0.25) is 0 Å². The molecule has 0 heterocycles. The monoisotopic (exact) mass is 288 g/mol. The van der Waals surface area contributed by atoms with Crippen molar-refractivity contribution in [3.05, 3.63) is 35.9 Å². The van der Waals surface area contributed by atoms with E-state index in [0.717, 1.165) is 13.1 Å². The van der Waals surface area contributed by atoms with Gasteiger partial charge in [0.1, 0.15) is 0 Å². The third kappa shape index (κ3) is 4.82. The highest BCUT2D eigenvalue weighted by atomic mass is 15.1. The Morgan fingerprint density at radius 1 is 1.19 bits per heavy atom. The van der Waals surface area contributed by atoms with Gasteiger partial charge in [0, 0.05) is 25.2 Å². The molecular formula is C19H32N2. The van der Waals surface area contributed by atoms with Crippen LogP contribution in [0.1, 0.15) is 57.4 Å². The smallest absolute Gasteiger partial charge is 0.0136 e. The number of benzene rings is 1. The first-order chi connectivity index (χ1) is 10.2. The second-order valence-corrected chi connectivity index (χ2v) is 6.60. The van der Waals surface area contributed by atoms with E-state index in [1.807, 2.05) is 0 Å². The van der Waals surface area contributed by atoms with Crippen LogP contribution in [0.4, 0.5) is 0 Å². The van der Waals surface area contributed by atoms with Crippen molar-refractivity contribution in [2.75, 3.05) is 20.1 Å². The first-order valence-corrected chi connectivity index (χ1v) is 8.71. The van der Waals surface area contributed by atoms with E-state index in [-0.39, 0.29) is 0 Å². The van der Waals surface area contributed by atoms with Gasteiger partial charge in [-0.2, -0.15) is 0 Å². The second kappa shape index (κ2) is 8.55. The molecule has 21 heavy (non-hydrogen) atoms. The van der Waals surface area contributed by atoms with Crippen molar-refractivity contribution < 1.29 is 0 Å². The number of rotatable bonds is 7. The Morgan fingerprint density at radius 2 is 1.90 bits per heavy atom. The molecule has 0 bridgehead atoms. The maximum atomic E-state index is 3.84. The fraction of sp³-hybridized carbons (Fsp3) is 0.684. The molecule has 0 spiro atoms. The first kappa shape index (κ1) is 16.5. The Bertz CT molecular complexity index is 390. The van der Waals surface area contributed by atoms with Crippen molar-refractivity contribution in [3.8, 4) is 0 Å². The maximum absolute atomic E-state index is 3.84. The highest BCUT2D eigenvalue weighted by Gasteiger charge is 2.25. The van der Waals surface area contributed by atoms with Crippen LogP contribution < -0.4 is 5.32 Å². The van der Waals surface area contributed by atoms with Gasteiger partial charge in [0.2, 0.25) is 0 Å². The summed E-state index contributed by atoms with van der Waals surface area (Å²) >= 11 is 0. The highest BCUT2D eigenvalue weighted by Crippen LogP contribution is 2.32. The molecule has 2 rings (SSSR count). The van der Waals surface area contributed by atoms with Gasteiger partial charge >= 0.3 is 0 Å². The zero-order valence-electron chi connectivity index (χ0n) is 14.0. The SMILES string of the molecule is CCC(C)N(C)CCNC1CCCCC1c1ccccc1. The average Bonchev–Trinajstić information content (AvgIpc) is 2.55. The lowest BCUT2D eigenvalue weighted by molar-refractivity contribution is 0.238. The van der Waals surface area contributed by atoms with Gasteiger partial charge < -0.3 is 10.2 Å². The number of likely N-dealkylation sites (N-methyl/N-ethyl adjacent to an activating group) is 1. The molecule has 0 amide bonds. The Morgan fingerprint density at radius 3 is 2.62 bits per heavy atom. The molecule has 0 aliphatic heterocycles. The summed E-state index contributed by atoms with van der Waals surface area (Å²) in [6.45, 7) is 6.83. The molecule has 0 saturated heterocycles. The fourth-order valence-corrected chi connectivity index (χ4v) is 3.43. The van der Waals surface area contributed by atoms with Crippen LogP contribution in [0.15, 0.2) is 30.3 Å². The summed E-state index contributed by atoms with van der Waals surface area (Å²) in [4.78, 5) is 2.47. The number of nitrogens with one attached hydrogen (secondary N) is 1. The number of nitrogens with zero attached hydrogens (tertiary/aromatic N) is 1. The van der Waals surface area contributed by atoms with Crippen LogP contribution in [0, 0.1) is 0 Å². The quantitative estimate of drug-likeness (QED) is 0.815. The molecular weight excluding hydrogens is 256 g/mol. The van der Waals surface area contributed by atoms with Crippen molar-refractivity contribution in [1.29, 1.82) is 0 Å². The van der Waals surface area contributed by atoms with Gasteiger partial charge in [0.25, 0.3) is 0 Å². The van der Waals surface area contributed by atoms with Gasteiger partial charge in [-0.25, -0.2) is 0 Å². The van der Waals surface area contributed by atoms with Gasteiger partial charge in [-0.3, -0.25) is 0 Å². The topological polar surface area (TPSA) is 15.3 Å². The zero-order chi connectivity index (χ0) is 15.1. The molecule has 2 nitrogen and oxygen atoms in total. The van der Waals surface area contributed by atoms with Crippen molar-refractivity contribution >= 4 is 0 Å². The van der Waals surface area contributed by atoms with Gasteiger partial charge in [-0.1, -0.05) is 50.1 Å². The lowest BCUT2D eigenvalue weighted by Crippen LogP contribution is -2.42. The van der Waals surface area contributed by atoms with E-state index in [9.17, 15) is 0 Å². The predicted molar refractivity (Wildman–Crippen MR) is 91.8 cm³/mol. The van der Waals surface area contributed by atoms with Crippen molar-refractivity contribution in [3.63, 3.8) is 0 Å². The molecule has 0 aromatic heterocycles. The summed E-state index contributed by atoms with van der Waals surface area (Å²) in [5.74, 6) is 0.703. The minimum Gasteiger partial charge on any atom is -0.312 e. The molecule has 3 unspecified atom stereocenters. The summed E-state index contributed by atoms with van der Waals surface area (Å²) in [7, 11) is 2.24. The maximum Gasteiger partial charge on any atom is 0.0136 e. The van der Waals surface area contributed by atoms with E-state index >= 15 is 0 Å². The minimum atomic E-state index is 0.659. The van der Waals surface area contributed by atoms with E-state index in [2.05, 4.69) is 61.4 Å². The summed E-state index contributed by atoms with van der Waals surface area (Å²) in [5.41, 5.74) is 1.52. The third-order valence-electron chi connectivity index (χ3n) is 5.21. The van der Waals surface area contributed by atoms with Crippen LogP contribution >= 0.6 is 0 Å². The van der Waals surface area contributed by atoms with Gasteiger partial charge in [-0.15, -0.1) is 0 Å². The van der Waals surface area contributed by atoms with Crippen LogP contribution in [-0.2, 0) is 0 Å². The van der Waals surface area contributed by atoms with E-state index in [4.69, 9.17) is 0 Å². The molecule has 1 aromatic rings. The van der Waals surface area contributed by atoms with Gasteiger partial charge in [0.05, 0.1) is 0 Å². The van der Waals surface area contributed by atoms with Crippen LogP contribution in [0.3, 0.4) is 0 Å². The normalized spacial score (nSPS) is 24.2. The van der Waals surface area contributed by atoms with Crippen molar-refractivity contribution in [1.82, 2.24) is 10.2 Å². The first-order valence-electron chi connectivity index (χ1n) is 8.71. The van der Waals surface area contributed by atoms with Gasteiger partial charge in [0.15, 0.2) is 0 Å². The van der Waals surface area contributed by atoms with E-state index in [0.29, 0.717) is 18.0 Å². The zero-order valence-corrected chi connectivity index (χ0v) is 14.0. The van der Waals surface area contributed by atoms with Crippen molar-refractivity contribution in [2.24, 2.45) is 0 Å². The molecule has 1 aromatic carbocycles. The minimum absolute atomic E-state index is 0.659. The summed E-state index contributed by atoms with van der Waals surface area (Å²) in [6.07, 6.45) is 6.65. The molecule has 2 heteroatoms. The molecule has 118 valence electrons. The molecule has 3 atom stereocenters. The largest absolute Gasteiger partial charge is 0.312 e. The van der Waals surface area contributed by atoms with Gasteiger partial charge in [-0.05, 0) is 44.7 Å². The fourth-order valence-electron chi connectivity index (χ4n) is 3.43. The average molecular weight is 288 g/mol. The van der Waals surface area contributed by atoms with Crippen molar-refractivity contribution in [2.45, 2.75) is 64.0 Å². The number of hydrogen-bond acceptors (Lipinski definition) is 2. The molecule has 1 fully saturated rings. The Hall–Kier alpha value is -0.860. The lowest BCUT2D eigenvalue weighted by Gasteiger charge is -2.34. The standard InChI is InChI=1S/C19H32N2/c1-4-16(2)21(3)15-14-20-19-13-9-8-12-18(19)17-10-6-5-7-11-17/h5-7,10-11,16,18-20H,4,8-9,12-15H2,1-3H3. The Labute approximate surface area is 130 Å². The molecule has 0 radical (unpaired) electrons. The summed E-state index contributed by atoms with van der Waals surface area (Å²) in [6, 6.07) is 12.4. The Balaban J connectivity index is 1.85. The summed E-state index contributed by atoms with van der Waals surface area (Å²) < 4.78 is 0. The molecule has 1 N–H and O–H groups in total. The summed E-state index contributed by atoms with van der Waals surface area (Å²) in [5, 5.41) is 3.84. The third-order valence-corrected chi connectivity index (χ3v) is 5.21. The van der Waals surface area contributed by atoms with E-state index in [1.54, 1.807) is 0 Å². The van der Waals surface area contributed by atoms with Crippen LogP contribution in [0.5, 0.6) is 0 Å².